The third-order valence-electron chi connectivity index (χ3n) is 4.97. The Balaban J connectivity index is 1.43. The molecule has 0 bridgehead atoms. The van der Waals surface area contributed by atoms with Crippen LogP contribution < -0.4 is 5.32 Å². The van der Waals surface area contributed by atoms with Gasteiger partial charge in [-0.05, 0) is 48.6 Å². The van der Waals surface area contributed by atoms with Crippen molar-refractivity contribution in [1.29, 1.82) is 0 Å². The van der Waals surface area contributed by atoms with E-state index in [2.05, 4.69) is 27.6 Å². The Morgan fingerprint density at radius 2 is 1.81 bits per heavy atom. The van der Waals surface area contributed by atoms with Crippen molar-refractivity contribution in [2.24, 2.45) is 0 Å². The van der Waals surface area contributed by atoms with Crippen LogP contribution in [0.15, 0.2) is 48.5 Å². The van der Waals surface area contributed by atoms with Crippen molar-refractivity contribution in [2.45, 2.75) is 38.0 Å². The van der Waals surface area contributed by atoms with Crippen LogP contribution in [0, 0.1) is 0 Å². The highest BCUT2D eigenvalue weighted by Gasteiger charge is 2.16. The van der Waals surface area contributed by atoms with E-state index in [4.69, 9.17) is 11.6 Å². The third kappa shape index (κ3) is 4.37. The van der Waals surface area contributed by atoms with Crippen molar-refractivity contribution < 1.29 is 4.79 Å². The molecule has 4 rings (SSSR count). The molecular weight excluding hydrogens is 378 g/mol. The van der Waals surface area contributed by atoms with Crippen LogP contribution in [0.4, 0.5) is 5.13 Å². The Labute approximate surface area is 167 Å². The van der Waals surface area contributed by atoms with Gasteiger partial charge in [-0.15, -0.1) is 10.2 Å². The van der Waals surface area contributed by atoms with Gasteiger partial charge in [0, 0.05) is 16.1 Å². The first-order valence-electron chi connectivity index (χ1n) is 9.20. The van der Waals surface area contributed by atoms with E-state index in [1.54, 1.807) is 0 Å². The van der Waals surface area contributed by atoms with Gasteiger partial charge in [0.15, 0.2) is 0 Å². The predicted molar refractivity (Wildman–Crippen MR) is 111 cm³/mol. The summed E-state index contributed by atoms with van der Waals surface area (Å²) in [6, 6.07) is 15.4. The molecule has 1 saturated carbocycles. The molecule has 1 aliphatic carbocycles. The summed E-state index contributed by atoms with van der Waals surface area (Å²) in [4.78, 5) is 12.5. The first kappa shape index (κ1) is 18.1. The van der Waals surface area contributed by atoms with Crippen molar-refractivity contribution >= 4 is 34.0 Å². The Hall–Kier alpha value is -2.24. The molecule has 138 valence electrons. The average molecular weight is 398 g/mol. The maximum atomic E-state index is 12.5. The zero-order valence-corrected chi connectivity index (χ0v) is 16.4. The van der Waals surface area contributed by atoms with Gasteiger partial charge in [-0.2, -0.15) is 0 Å². The molecule has 1 aliphatic rings. The van der Waals surface area contributed by atoms with Crippen LogP contribution in [0.3, 0.4) is 0 Å². The van der Waals surface area contributed by atoms with E-state index in [1.165, 1.54) is 49.0 Å². The molecule has 0 radical (unpaired) electrons. The zero-order valence-electron chi connectivity index (χ0n) is 14.8. The van der Waals surface area contributed by atoms with Crippen LogP contribution in [0.2, 0.25) is 5.02 Å². The number of carbonyl (C=O) groups is 1. The highest BCUT2D eigenvalue weighted by Crippen LogP contribution is 2.33. The van der Waals surface area contributed by atoms with Crippen molar-refractivity contribution in [1.82, 2.24) is 10.2 Å². The van der Waals surface area contributed by atoms with E-state index in [1.807, 2.05) is 36.4 Å². The smallest absolute Gasteiger partial charge is 0.257 e. The molecule has 0 spiro atoms. The van der Waals surface area contributed by atoms with Crippen LogP contribution in [-0.4, -0.2) is 16.1 Å². The zero-order chi connectivity index (χ0) is 18.6. The summed E-state index contributed by atoms with van der Waals surface area (Å²) in [6.07, 6.45) is 6.46. The molecule has 1 amide bonds. The number of hydrogen-bond acceptors (Lipinski definition) is 4. The SMILES string of the molecule is O=C(Nc1nnc(-c2cccc(Cl)c2)s1)c1ccc(C2CCCCC2)cc1. The number of carbonyl (C=O) groups excluding carboxylic acids is 1. The molecule has 0 unspecified atom stereocenters. The second kappa shape index (κ2) is 8.19. The largest absolute Gasteiger partial charge is 0.296 e. The van der Waals surface area contributed by atoms with Gasteiger partial charge in [-0.1, -0.05) is 66.5 Å². The average Bonchev–Trinajstić information content (AvgIpc) is 3.17. The van der Waals surface area contributed by atoms with E-state index in [0.717, 1.165) is 10.6 Å². The third-order valence-corrected chi connectivity index (χ3v) is 6.09. The van der Waals surface area contributed by atoms with Gasteiger partial charge in [-0.3, -0.25) is 10.1 Å². The molecule has 3 aromatic rings. The molecule has 0 saturated heterocycles. The minimum Gasteiger partial charge on any atom is -0.296 e. The quantitative estimate of drug-likeness (QED) is 0.573. The minimum atomic E-state index is -0.168. The van der Waals surface area contributed by atoms with E-state index in [9.17, 15) is 4.79 Å². The number of benzene rings is 2. The minimum absolute atomic E-state index is 0.168. The normalized spacial score (nSPS) is 14.9. The summed E-state index contributed by atoms with van der Waals surface area (Å²) >= 11 is 7.35. The highest BCUT2D eigenvalue weighted by atomic mass is 35.5. The standard InChI is InChI=1S/C21H20ClN3OS/c22-18-8-4-7-17(13-18)20-24-25-21(27-20)23-19(26)16-11-9-15(10-12-16)14-5-2-1-3-6-14/h4,7-14H,1-3,5-6H2,(H,23,25,26). The Kier molecular flexibility index (Phi) is 5.50. The number of hydrogen-bond donors (Lipinski definition) is 1. The number of nitrogens with zero attached hydrogens (tertiary/aromatic N) is 2. The number of rotatable bonds is 4. The number of anilines is 1. The number of aromatic nitrogens is 2. The van der Waals surface area contributed by atoms with Crippen LogP contribution >= 0.6 is 22.9 Å². The number of amides is 1. The van der Waals surface area contributed by atoms with Crippen LogP contribution in [0.1, 0.15) is 53.9 Å². The van der Waals surface area contributed by atoms with E-state index >= 15 is 0 Å². The van der Waals surface area contributed by atoms with Crippen LogP contribution in [0.25, 0.3) is 10.6 Å². The molecule has 4 nitrogen and oxygen atoms in total. The lowest BCUT2D eigenvalue weighted by molar-refractivity contribution is 0.102. The van der Waals surface area contributed by atoms with Gasteiger partial charge in [0.25, 0.3) is 5.91 Å². The Bertz CT molecular complexity index is 933. The van der Waals surface area contributed by atoms with E-state index < -0.39 is 0 Å². The molecule has 0 atom stereocenters. The lowest BCUT2D eigenvalue weighted by Crippen LogP contribution is -2.12. The highest BCUT2D eigenvalue weighted by molar-refractivity contribution is 7.18. The molecule has 1 aromatic heterocycles. The molecule has 1 heterocycles. The first-order valence-corrected chi connectivity index (χ1v) is 10.4. The fourth-order valence-corrected chi connectivity index (χ4v) is 4.45. The predicted octanol–water partition coefficient (Wildman–Crippen LogP) is 6.16. The fourth-order valence-electron chi connectivity index (χ4n) is 3.52. The maximum absolute atomic E-state index is 12.5. The number of nitrogens with one attached hydrogen (secondary N) is 1. The van der Waals surface area contributed by atoms with Crippen molar-refractivity contribution in [3.05, 3.63) is 64.7 Å². The lowest BCUT2D eigenvalue weighted by atomic mass is 9.84. The fraction of sp³-hybridized carbons (Fsp3) is 0.286. The van der Waals surface area contributed by atoms with Gasteiger partial charge in [0.1, 0.15) is 5.01 Å². The topological polar surface area (TPSA) is 54.9 Å². The molecule has 0 aliphatic heterocycles. The van der Waals surface area contributed by atoms with Gasteiger partial charge < -0.3 is 0 Å². The summed E-state index contributed by atoms with van der Waals surface area (Å²) in [5.74, 6) is 0.471. The van der Waals surface area contributed by atoms with Crippen molar-refractivity contribution in [3.63, 3.8) is 0 Å². The van der Waals surface area contributed by atoms with Crippen LogP contribution in [-0.2, 0) is 0 Å². The molecular formula is C21H20ClN3OS. The summed E-state index contributed by atoms with van der Waals surface area (Å²) in [6.45, 7) is 0. The van der Waals surface area contributed by atoms with Crippen molar-refractivity contribution in [3.8, 4) is 10.6 Å². The second-order valence-corrected chi connectivity index (χ2v) is 8.25. The molecule has 2 aromatic carbocycles. The van der Waals surface area contributed by atoms with E-state index in [0.29, 0.717) is 21.6 Å². The number of halogens is 1. The van der Waals surface area contributed by atoms with Crippen LogP contribution in [0.5, 0.6) is 0 Å². The van der Waals surface area contributed by atoms with E-state index in [-0.39, 0.29) is 5.91 Å². The first-order chi connectivity index (χ1) is 13.2. The summed E-state index contributed by atoms with van der Waals surface area (Å²) < 4.78 is 0. The van der Waals surface area contributed by atoms with Gasteiger partial charge in [0.2, 0.25) is 5.13 Å². The molecule has 27 heavy (non-hydrogen) atoms. The van der Waals surface area contributed by atoms with Gasteiger partial charge in [0.05, 0.1) is 0 Å². The second-order valence-electron chi connectivity index (χ2n) is 6.83. The molecule has 6 heteroatoms. The Morgan fingerprint density at radius 1 is 1.04 bits per heavy atom. The Morgan fingerprint density at radius 3 is 2.56 bits per heavy atom. The summed E-state index contributed by atoms with van der Waals surface area (Å²) in [7, 11) is 0. The van der Waals surface area contributed by atoms with Crippen molar-refractivity contribution in [2.75, 3.05) is 5.32 Å². The summed E-state index contributed by atoms with van der Waals surface area (Å²) in [5, 5.41) is 12.9. The van der Waals surface area contributed by atoms with Gasteiger partial charge in [-0.25, -0.2) is 0 Å². The monoisotopic (exact) mass is 397 g/mol. The molecule has 1 fully saturated rings. The molecule has 1 N–H and O–H groups in total. The van der Waals surface area contributed by atoms with Gasteiger partial charge >= 0.3 is 0 Å². The lowest BCUT2D eigenvalue weighted by Gasteiger charge is -2.22. The maximum Gasteiger partial charge on any atom is 0.257 e. The summed E-state index contributed by atoms with van der Waals surface area (Å²) in [5.41, 5.74) is 2.86.